The van der Waals surface area contributed by atoms with E-state index in [0.29, 0.717) is 16.9 Å². The van der Waals surface area contributed by atoms with E-state index in [2.05, 4.69) is 12.1 Å². The van der Waals surface area contributed by atoms with Gasteiger partial charge in [0.1, 0.15) is 11.5 Å². The van der Waals surface area contributed by atoms with Crippen molar-refractivity contribution in [1.82, 2.24) is 0 Å². The lowest BCUT2D eigenvalue weighted by atomic mass is 9.80. The predicted molar refractivity (Wildman–Crippen MR) is 111 cm³/mol. The Balaban J connectivity index is 1.78. The fourth-order valence-electron chi connectivity index (χ4n) is 4.27. The molecule has 2 aromatic rings. The van der Waals surface area contributed by atoms with Crippen LogP contribution in [0.1, 0.15) is 59.8 Å². The number of aliphatic hydroxyl groups is 1. The number of hydrogen-bond donors (Lipinski definition) is 1. The first kappa shape index (κ1) is 18.8. The number of rotatable bonds is 1. The minimum absolute atomic E-state index is 0.132. The van der Waals surface area contributed by atoms with Crippen LogP contribution in [0.15, 0.2) is 48.6 Å². The van der Waals surface area contributed by atoms with E-state index in [9.17, 15) is 14.7 Å². The second-order valence-corrected chi connectivity index (χ2v) is 8.94. The van der Waals surface area contributed by atoms with Crippen LogP contribution in [0, 0.1) is 5.41 Å². The zero-order valence-corrected chi connectivity index (χ0v) is 17.1. The summed E-state index contributed by atoms with van der Waals surface area (Å²) in [6.45, 7) is 5.24. The number of fused-ring (bicyclic) bond motifs is 1. The third kappa shape index (κ3) is 2.66. The van der Waals surface area contributed by atoms with Gasteiger partial charge in [-0.3, -0.25) is 9.59 Å². The number of benzene rings is 2. The number of carbonyl (C=O) groups excluding carboxylic acids is 2. The molecule has 1 heterocycles. The minimum Gasteiger partial charge on any atom is -0.454 e. The number of aryl methyl sites for hydroxylation is 1. The number of esters is 1. The molecule has 5 heteroatoms. The van der Waals surface area contributed by atoms with Crippen molar-refractivity contribution < 1.29 is 24.2 Å². The summed E-state index contributed by atoms with van der Waals surface area (Å²) >= 11 is 0. The zero-order valence-electron chi connectivity index (χ0n) is 17.1. The largest absolute Gasteiger partial charge is 0.454 e. The van der Waals surface area contributed by atoms with Crippen molar-refractivity contribution in [1.29, 1.82) is 0 Å². The summed E-state index contributed by atoms with van der Waals surface area (Å²) < 4.78 is 11.7. The highest BCUT2D eigenvalue weighted by atomic mass is 16.6. The maximum absolute atomic E-state index is 12.9. The monoisotopic (exact) mass is 402 g/mol. The molecule has 5 rings (SSSR count). The van der Waals surface area contributed by atoms with Gasteiger partial charge in [0, 0.05) is 5.56 Å². The molecule has 0 bridgehead atoms. The fraction of sp³-hybridized carbons (Fsp3) is 0.280. The molecule has 1 aliphatic heterocycles. The van der Waals surface area contributed by atoms with Crippen LogP contribution in [-0.2, 0) is 17.0 Å². The van der Waals surface area contributed by atoms with Gasteiger partial charge in [-0.15, -0.1) is 0 Å². The molecule has 2 aromatic carbocycles. The van der Waals surface area contributed by atoms with Gasteiger partial charge in [-0.2, -0.15) is 0 Å². The third-order valence-corrected chi connectivity index (χ3v) is 5.75. The maximum atomic E-state index is 12.9. The van der Waals surface area contributed by atoms with Crippen molar-refractivity contribution in [2.24, 2.45) is 5.41 Å². The first-order valence-electron chi connectivity index (χ1n) is 10.1. The summed E-state index contributed by atoms with van der Waals surface area (Å²) in [5.74, 6) is -1.93. The lowest BCUT2D eigenvalue weighted by Gasteiger charge is -2.31. The first-order chi connectivity index (χ1) is 14.2. The predicted octanol–water partition coefficient (Wildman–Crippen LogP) is 4.31. The molecule has 30 heavy (non-hydrogen) atoms. The van der Waals surface area contributed by atoms with Crippen LogP contribution in [0.2, 0.25) is 0 Å². The second-order valence-electron chi connectivity index (χ2n) is 8.94. The lowest BCUT2D eigenvalue weighted by Crippen LogP contribution is -2.36. The molecule has 0 radical (unpaired) electrons. The molecule has 2 aliphatic carbocycles. The molecule has 0 spiro atoms. The molecular formula is C25H22O5. The van der Waals surface area contributed by atoms with Crippen molar-refractivity contribution in [2.75, 3.05) is 0 Å². The maximum Gasteiger partial charge on any atom is 0.316 e. The van der Waals surface area contributed by atoms with Crippen LogP contribution in [0.3, 0.4) is 0 Å². The molecule has 0 saturated heterocycles. The Bertz CT molecular complexity index is 1180. The SMILES string of the molecule is CC(C)(C)C(=O)Oc1ccc2c3c1C(=O)C=C[C@@]3(O)Oc1cccc3c1C2=CCC3. The number of allylic oxidation sites excluding steroid dienone is 2. The number of hydrogen-bond acceptors (Lipinski definition) is 5. The van der Waals surface area contributed by atoms with E-state index >= 15 is 0 Å². The highest BCUT2D eigenvalue weighted by Crippen LogP contribution is 2.50. The zero-order chi connectivity index (χ0) is 21.3. The standard InChI is InChI=1S/C25H22O5/c1-24(2,3)23(27)29-18-11-10-16-15-8-4-6-14-7-5-9-19(20(14)15)30-25(28)13-12-17(26)21(18)22(16)25/h5,7-13,28H,4,6H2,1-3H3/t25-/m1/s1. The van der Waals surface area contributed by atoms with Crippen LogP contribution in [-0.4, -0.2) is 16.9 Å². The van der Waals surface area contributed by atoms with Gasteiger partial charge in [0.2, 0.25) is 0 Å². The quantitative estimate of drug-likeness (QED) is 0.569. The van der Waals surface area contributed by atoms with Crippen LogP contribution in [0.5, 0.6) is 11.5 Å². The van der Waals surface area contributed by atoms with Gasteiger partial charge in [0.15, 0.2) is 5.78 Å². The van der Waals surface area contributed by atoms with Gasteiger partial charge in [0.05, 0.1) is 16.5 Å². The second kappa shape index (κ2) is 6.16. The van der Waals surface area contributed by atoms with Crippen LogP contribution in [0.25, 0.3) is 5.57 Å². The molecule has 152 valence electrons. The number of ether oxygens (including phenoxy) is 2. The van der Waals surface area contributed by atoms with Gasteiger partial charge in [-0.05, 0) is 74.6 Å². The van der Waals surface area contributed by atoms with E-state index < -0.39 is 17.2 Å². The van der Waals surface area contributed by atoms with Crippen LogP contribution in [0.4, 0.5) is 0 Å². The first-order valence-corrected chi connectivity index (χ1v) is 10.1. The van der Waals surface area contributed by atoms with Crippen molar-refractivity contribution >= 4 is 17.3 Å². The van der Waals surface area contributed by atoms with Crippen LogP contribution >= 0.6 is 0 Å². The Kier molecular flexibility index (Phi) is 3.86. The van der Waals surface area contributed by atoms with E-state index in [1.807, 2.05) is 12.1 Å². The molecule has 0 aromatic heterocycles. The smallest absolute Gasteiger partial charge is 0.316 e. The van der Waals surface area contributed by atoms with Gasteiger partial charge < -0.3 is 14.6 Å². The summed E-state index contributed by atoms with van der Waals surface area (Å²) in [5, 5.41) is 11.5. The van der Waals surface area contributed by atoms with Crippen molar-refractivity contribution in [3.63, 3.8) is 0 Å². The summed E-state index contributed by atoms with van der Waals surface area (Å²) in [4.78, 5) is 25.4. The van der Waals surface area contributed by atoms with E-state index in [1.165, 1.54) is 12.2 Å². The van der Waals surface area contributed by atoms with E-state index in [4.69, 9.17) is 9.47 Å². The van der Waals surface area contributed by atoms with Gasteiger partial charge in [-0.1, -0.05) is 24.3 Å². The molecule has 1 N–H and O–H groups in total. The number of ketones is 1. The molecule has 0 unspecified atom stereocenters. The van der Waals surface area contributed by atoms with E-state index in [1.54, 1.807) is 32.9 Å². The Labute approximate surface area is 174 Å². The molecule has 5 nitrogen and oxygen atoms in total. The van der Waals surface area contributed by atoms with Crippen LogP contribution < -0.4 is 9.47 Å². The van der Waals surface area contributed by atoms with Crippen molar-refractivity contribution in [3.05, 3.63) is 76.4 Å². The van der Waals surface area contributed by atoms with Gasteiger partial charge in [-0.25, -0.2) is 0 Å². The molecule has 0 saturated carbocycles. The average molecular weight is 402 g/mol. The third-order valence-electron chi connectivity index (χ3n) is 5.75. The Morgan fingerprint density at radius 3 is 2.73 bits per heavy atom. The van der Waals surface area contributed by atoms with E-state index in [0.717, 1.165) is 29.5 Å². The fourth-order valence-corrected chi connectivity index (χ4v) is 4.27. The molecule has 0 fully saturated rings. The molecular weight excluding hydrogens is 380 g/mol. The van der Waals surface area contributed by atoms with E-state index in [-0.39, 0.29) is 17.1 Å². The Morgan fingerprint density at radius 1 is 1.17 bits per heavy atom. The van der Waals surface area contributed by atoms with Crippen molar-refractivity contribution in [3.8, 4) is 11.5 Å². The minimum atomic E-state index is -1.84. The van der Waals surface area contributed by atoms with Crippen molar-refractivity contribution in [2.45, 2.75) is 39.4 Å². The summed E-state index contributed by atoms with van der Waals surface area (Å²) in [6.07, 6.45) is 6.49. The van der Waals surface area contributed by atoms with Gasteiger partial charge >= 0.3 is 5.97 Å². The summed E-state index contributed by atoms with van der Waals surface area (Å²) in [5.41, 5.74) is 3.47. The Hall–Kier alpha value is -3.18. The normalized spacial score (nSPS) is 21.1. The highest BCUT2D eigenvalue weighted by Gasteiger charge is 2.44. The average Bonchev–Trinajstić information content (AvgIpc) is 2.80. The molecule has 0 amide bonds. The molecule has 1 atom stereocenters. The van der Waals surface area contributed by atoms with Gasteiger partial charge in [0.25, 0.3) is 5.79 Å². The topological polar surface area (TPSA) is 72.8 Å². The number of carbonyl (C=O) groups is 2. The lowest BCUT2D eigenvalue weighted by molar-refractivity contribution is -0.143. The summed E-state index contributed by atoms with van der Waals surface area (Å²) in [6, 6.07) is 9.23. The molecule has 3 aliphatic rings. The summed E-state index contributed by atoms with van der Waals surface area (Å²) in [7, 11) is 0. The highest BCUT2D eigenvalue weighted by molar-refractivity contribution is 6.11. The Morgan fingerprint density at radius 2 is 1.97 bits per heavy atom.